The number of amides is 2. The molecule has 3 heterocycles. The van der Waals surface area contributed by atoms with Crippen molar-refractivity contribution in [1.82, 2.24) is 10.2 Å². The van der Waals surface area contributed by atoms with Crippen molar-refractivity contribution < 1.29 is 9.59 Å². The van der Waals surface area contributed by atoms with Crippen molar-refractivity contribution in [1.29, 1.82) is 0 Å². The molecule has 0 spiro atoms. The second-order valence-corrected chi connectivity index (χ2v) is 7.27. The Labute approximate surface area is 143 Å². The van der Waals surface area contributed by atoms with E-state index in [2.05, 4.69) is 22.3 Å². The number of hydrogen-bond donors (Lipinski definition) is 1. The third-order valence-corrected chi connectivity index (χ3v) is 5.69. The second-order valence-electron chi connectivity index (χ2n) is 7.27. The maximum Gasteiger partial charge on any atom is 0.256 e. The van der Waals surface area contributed by atoms with Crippen LogP contribution in [-0.2, 0) is 4.79 Å². The van der Waals surface area contributed by atoms with Crippen LogP contribution < -0.4 is 10.2 Å². The lowest BCUT2D eigenvalue weighted by Gasteiger charge is -2.36. The van der Waals surface area contributed by atoms with E-state index in [1.807, 2.05) is 17.9 Å². The molecule has 1 N–H and O–H groups in total. The molecule has 5 nitrogen and oxygen atoms in total. The molecule has 3 aliphatic rings. The highest BCUT2D eigenvalue weighted by Crippen LogP contribution is 2.32. The SMILES string of the molecule is Cc1ccc(N2CCCC2)c(C(=O)N2CCC[C@H]3C(=O)NC[C@H]32)c1. The summed E-state index contributed by atoms with van der Waals surface area (Å²) in [6.45, 7) is 5.43. The summed E-state index contributed by atoms with van der Waals surface area (Å²) in [7, 11) is 0. The van der Waals surface area contributed by atoms with Crippen molar-refractivity contribution in [3.8, 4) is 0 Å². The first-order valence-electron chi connectivity index (χ1n) is 9.09. The van der Waals surface area contributed by atoms with Gasteiger partial charge in [0.15, 0.2) is 0 Å². The van der Waals surface area contributed by atoms with Crippen LogP contribution in [0.5, 0.6) is 0 Å². The molecular formula is C19H25N3O2. The van der Waals surface area contributed by atoms with Crippen LogP contribution in [0.1, 0.15) is 41.6 Å². The van der Waals surface area contributed by atoms with E-state index in [1.165, 1.54) is 12.8 Å². The Balaban J connectivity index is 1.66. The molecule has 0 aliphatic carbocycles. The molecule has 2 amide bonds. The number of anilines is 1. The van der Waals surface area contributed by atoms with Gasteiger partial charge in [-0.05, 0) is 44.7 Å². The summed E-state index contributed by atoms with van der Waals surface area (Å²) in [5.41, 5.74) is 2.97. The van der Waals surface area contributed by atoms with Crippen molar-refractivity contribution in [2.75, 3.05) is 31.1 Å². The molecule has 3 saturated heterocycles. The Morgan fingerprint density at radius 3 is 2.75 bits per heavy atom. The van der Waals surface area contributed by atoms with Crippen LogP contribution in [0.4, 0.5) is 5.69 Å². The molecule has 0 radical (unpaired) electrons. The van der Waals surface area contributed by atoms with Gasteiger partial charge in [-0.15, -0.1) is 0 Å². The summed E-state index contributed by atoms with van der Waals surface area (Å²) in [4.78, 5) is 29.6. The van der Waals surface area contributed by atoms with Crippen molar-refractivity contribution >= 4 is 17.5 Å². The van der Waals surface area contributed by atoms with Crippen molar-refractivity contribution in [2.45, 2.75) is 38.6 Å². The quantitative estimate of drug-likeness (QED) is 0.903. The summed E-state index contributed by atoms with van der Waals surface area (Å²) in [5, 5.41) is 2.94. The molecule has 0 unspecified atom stereocenters. The van der Waals surface area contributed by atoms with Gasteiger partial charge in [-0.1, -0.05) is 11.6 Å². The molecule has 4 rings (SSSR count). The number of likely N-dealkylation sites (tertiary alicyclic amines) is 1. The van der Waals surface area contributed by atoms with Crippen LogP contribution in [0.25, 0.3) is 0 Å². The van der Waals surface area contributed by atoms with Gasteiger partial charge < -0.3 is 15.1 Å². The first kappa shape index (κ1) is 15.5. The summed E-state index contributed by atoms with van der Waals surface area (Å²) in [5.74, 6) is 0.177. The number of hydrogen-bond acceptors (Lipinski definition) is 3. The van der Waals surface area contributed by atoms with Crippen molar-refractivity contribution in [2.24, 2.45) is 5.92 Å². The van der Waals surface area contributed by atoms with Crippen LogP contribution in [0.15, 0.2) is 18.2 Å². The van der Waals surface area contributed by atoms with Gasteiger partial charge in [0.1, 0.15) is 0 Å². The Morgan fingerprint density at radius 1 is 1.17 bits per heavy atom. The van der Waals surface area contributed by atoms with Gasteiger partial charge in [0.05, 0.1) is 17.5 Å². The normalized spacial score (nSPS) is 26.5. The molecule has 0 bridgehead atoms. The number of piperidine rings is 1. The van der Waals surface area contributed by atoms with Gasteiger partial charge in [-0.2, -0.15) is 0 Å². The predicted molar refractivity (Wildman–Crippen MR) is 93.2 cm³/mol. The number of fused-ring (bicyclic) bond motifs is 1. The molecule has 2 atom stereocenters. The fourth-order valence-corrected chi connectivity index (χ4v) is 4.41. The Hall–Kier alpha value is -2.04. The molecule has 1 aromatic rings. The van der Waals surface area contributed by atoms with Gasteiger partial charge in [0.2, 0.25) is 5.91 Å². The Bertz CT molecular complexity index is 667. The Morgan fingerprint density at radius 2 is 1.96 bits per heavy atom. The lowest BCUT2D eigenvalue weighted by molar-refractivity contribution is -0.123. The third-order valence-electron chi connectivity index (χ3n) is 5.69. The number of carbonyl (C=O) groups excluding carboxylic acids is 2. The molecule has 3 aliphatic heterocycles. The predicted octanol–water partition coefficient (Wildman–Crippen LogP) is 1.95. The first-order chi connectivity index (χ1) is 11.6. The largest absolute Gasteiger partial charge is 0.371 e. The first-order valence-corrected chi connectivity index (χ1v) is 9.09. The summed E-state index contributed by atoms with van der Waals surface area (Å²) in [6.07, 6.45) is 4.18. The second kappa shape index (κ2) is 6.11. The minimum absolute atomic E-state index is 0.0192. The molecule has 24 heavy (non-hydrogen) atoms. The van der Waals surface area contributed by atoms with E-state index in [9.17, 15) is 9.59 Å². The minimum Gasteiger partial charge on any atom is -0.371 e. The molecule has 128 valence electrons. The summed E-state index contributed by atoms with van der Waals surface area (Å²) in [6, 6.07) is 6.21. The van der Waals surface area contributed by atoms with E-state index in [1.54, 1.807) is 0 Å². The maximum atomic E-state index is 13.3. The highest BCUT2D eigenvalue weighted by molar-refractivity contribution is 6.01. The van der Waals surface area contributed by atoms with Gasteiger partial charge in [0.25, 0.3) is 5.91 Å². The number of benzene rings is 1. The van der Waals surface area contributed by atoms with E-state index in [0.29, 0.717) is 6.54 Å². The van der Waals surface area contributed by atoms with Crippen LogP contribution in [0.3, 0.4) is 0 Å². The van der Waals surface area contributed by atoms with Crippen LogP contribution in [0.2, 0.25) is 0 Å². The van der Waals surface area contributed by atoms with E-state index in [-0.39, 0.29) is 23.8 Å². The average molecular weight is 327 g/mol. The van der Waals surface area contributed by atoms with Gasteiger partial charge in [-0.25, -0.2) is 0 Å². The zero-order valence-corrected chi connectivity index (χ0v) is 14.3. The van der Waals surface area contributed by atoms with Crippen molar-refractivity contribution in [3.63, 3.8) is 0 Å². The van der Waals surface area contributed by atoms with Gasteiger partial charge in [-0.3, -0.25) is 9.59 Å². The zero-order valence-electron chi connectivity index (χ0n) is 14.3. The number of nitrogens with zero attached hydrogens (tertiary/aromatic N) is 2. The monoisotopic (exact) mass is 327 g/mol. The number of rotatable bonds is 2. The zero-order chi connectivity index (χ0) is 16.7. The van der Waals surface area contributed by atoms with E-state index in [0.717, 1.165) is 49.3 Å². The third kappa shape index (κ3) is 2.56. The lowest BCUT2D eigenvalue weighted by atomic mass is 9.90. The lowest BCUT2D eigenvalue weighted by Crippen LogP contribution is -2.49. The molecule has 3 fully saturated rings. The van der Waals surface area contributed by atoms with E-state index >= 15 is 0 Å². The summed E-state index contributed by atoms with van der Waals surface area (Å²) < 4.78 is 0. The van der Waals surface area contributed by atoms with E-state index in [4.69, 9.17) is 0 Å². The number of aryl methyl sites for hydroxylation is 1. The molecule has 5 heteroatoms. The average Bonchev–Trinajstić information content (AvgIpc) is 3.24. The Kier molecular flexibility index (Phi) is 3.94. The fraction of sp³-hybridized carbons (Fsp3) is 0.579. The number of carbonyl (C=O) groups is 2. The maximum absolute atomic E-state index is 13.3. The van der Waals surface area contributed by atoms with Gasteiger partial charge >= 0.3 is 0 Å². The smallest absolute Gasteiger partial charge is 0.256 e. The standard InChI is InChI=1S/C19H25N3O2/c1-13-6-7-16(21-8-2-3-9-21)15(11-13)19(24)22-10-4-5-14-17(22)12-20-18(14)23/h6-7,11,14,17H,2-5,8-10,12H2,1H3,(H,20,23)/t14-,17-/m1/s1. The van der Waals surface area contributed by atoms with Crippen molar-refractivity contribution in [3.05, 3.63) is 29.3 Å². The van der Waals surface area contributed by atoms with Crippen LogP contribution in [0, 0.1) is 12.8 Å². The number of nitrogens with one attached hydrogen (secondary N) is 1. The fourth-order valence-electron chi connectivity index (χ4n) is 4.41. The van der Waals surface area contributed by atoms with Crippen LogP contribution >= 0.6 is 0 Å². The highest BCUT2D eigenvalue weighted by Gasteiger charge is 2.43. The topological polar surface area (TPSA) is 52.7 Å². The summed E-state index contributed by atoms with van der Waals surface area (Å²) >= 11 is 0. The molecule has 0 aromatic heterocycles. The van der Waals surface area contributed by atoms with E-state index < -0.39 is 0 Å². The van der Waals surface area contributed by atoms with Gasteiger partial charge in [0, 0.05) is 31.9 Å². The molecule has 0 saturated carbocycles. The highest BCUT2D eigenvalue weighted by atomic mass is 16.2. The van der Waals surface area contributed by atoms with Crippen LogP contribution in [-0.4, -0.2) is 48.9 Å². The molecular weight excluding hydrogens is 302 g/mol. The molecule has 1 aromatic carbocycles. The minimum atomic E-state index is -0.0252.